The third kappa shape index (κ3) is 5.14. The number of fused-ring (bicyclic) bond motifs is 1. The van der Waals surface area contributed by atoms with Gasteiger partial charge in [0, 0.05) is 12.2 Å². The number of benzene rings is 3. The number of hydrogen-bond acceptors (Lipinski definition) is 6. The van der Waals surface area contributed by atoms with E-state index in [1.54, 1.807) is 16.9 Å². The highest BCUT2D eigenvalue weighted by Gasteiger charge is 2.35. The lowest BCUT2D eigenvalue weighted by atomic mass is 10.2. The maximum absolute atomic E-state index is 13.0. The summed E-state index contributed by atoms with van der Waals surface area (Å²) in [5.41, 5.74) is 3.64. The first-order valence-electron chi connectivity index (χ1n) is 12.0. The highest BCUT2D eigenvalue weighted by atomic mass is 16.6. The zero-order chi connectivity index (χ0) is 24.9. The van der Waals surface area contributed by atoms with Crippen molar-refractivity contribution in [3.63, 3.8) is 0 Å². The van der Waals surface area contributed by atoms with E-state index in [9.17, 15) is 9.59 Å². The lowest BCUT2D eigenvalue weighted by Crippen LogP contribution is -2.43. The largest absolute Gasteiger partial charge is 0.494 e. The van der Waals surface area contributed by atoms with Crippen molar-refractivity contribution in [2.75, 3.05) is 18.5 Å². The van der Waals surface area contributed by atoms with Crippen molar-refractivity contribution in [1.82, 2.24) is 19.9 Å². The van der Waals surface area contributed by atoms with Gasteiger partial charge in [0.15, 0.2) is 0 Å². The molecule has 9 nitrogen and oxygen atoms in total. The van der Waals surface area contributed by atoms with Crippen molar-refractivity contribution in [3.8, 4) is 11.4 Å². The molecule has 1 saturated heterocycles. The summed E-state index contributed by atoms with van der Waals surface area (Å²) < 4.78 is 10.9. The molecule has 1 atom stereocenters. The SMILES string of the molecule is CCOc1ccc(-n2nc3ccc(NC(=O)C4CCCN4C(=O)OCc4ccccc4)cc3n2)cc1. The molecule has 1 fully saturated rings. The molecular weight excluding hydrogens is 458 g/mol. The number of aromatic nitrogens is 3. The minimum Gasteiger partial charge on any atom is -0.494 e. The van der Waals surface area contributed by atoms with E-state index in [0.717, 1.165) is 23.4 Å². The number of likely N-dealkylation sites (tertiary alicyclic amines) is 1. The van der Waals surface area contributed by atoms with Gasteiger partial charge in [0.05, 0.1) is 12.3 Å². The van der Waals surface area contributed by atoms with Gasteiger partial charge in [-0.05, 0) is 67.8 Å². The number of anilines is 1. The molecule has 1 unspecified atom stereocenters. The van der Waals surface area contributed by atoms with E-state index < -0.39 is 12.1 Å². The van der Waals surface area contributed by atoms with Gasteiger partial charge in [-0.15, -0.1) is 10.2 Å². The molecule has 2 amide bonds. The number of hydrogen-bond donors (Lipinski definition) is 1. The van der Waals surface area contributed by atoms with Crippen molar-refractivity contribution < 1.29 is 19.1 Å². The molecule has 0 spiro atoms. The van der Waals surface area contributed by atoms with Crippen molar-refractivity contribution in [1.29, 1.82) is 0 Å². The second-order valence-corrected chi connectivity index (χ2v) is 8.50. The van der Waals surface area contributed by atoms with E-state index in [4.69, 9.17) is 9.47 Å². The number of nitrogens with zero attached hydrogens (tertiary/aromatic N) is 4. The van der Waals surface area contributed by atoms with Crippen molar-refractivity contribution in [3.05, 3.63) is 78.4 Å². The van der Waals surface area contributed by atoms with Gasteiger partial charge in [0.1, 0.15) is 29.4 Å². The monoisotopic (exact) mass is 485 g/mol. The topological polar surface area (TPSA) is 98.6 Å². The average Bonchev–Trinajstić information content (AvgIpc) is 3.56. The first-order chi connectivity index (χ1) is 17.6. The van der Waals surface area contributed by atoms with Gasteiger partial charge < -0.3 is 14.8 Å². The molecular formula is C27H27N5O4. The van der Waals surface area contributed by atoms with E-state index in [0.29, 0.717) is 36.3 Å². The summed E-state index contributed by atoms with van der Waals surface area (Å²) >= 11 is 0. The van der Waals surface area contributed by atoms with E-state index in [2.05, 4.69) is 15.5 Å². The fraction of sp³-hybridized carbons (Fsp3) is 0.259. The molecule has 36 heavy (non-hydrogen) atoms. The zero-order valence-corrected chi connectivity index (χ0v) is 20.0. The average molecular weight is 486 g/mol. The second kappa shape index (κ2) is 10.5. The number of nitrogens with one attached hydrogen (secondary N) is 1. The Labute approximate surface area is 208 Å². The Bertz CT molecular complexity index is 1350. The van der Waals surface area contributed by atoms with E-state index >= 15 is 0 Å². The summed E-state index contributed by atoms with van der Waals surface area (Å²) in [5.74, 6) is 0.537. The summed E-state index contributed by atoms with van der Waals surface area (Å²) in [5, 5.41) is 12.0. The Balaban J connectivity index is 1.24. The molecule has 1 N–H and O–H groups in total. The third-order valence-corrected chi connectivity index (χ3v) is 6.02. The van der Waals surface area contributed by atoms with Gasteiger partial charge in [0.2, 0.25) is 5.91 Å². The molecule has 4 aromatic rings. The van der Waals surface area contributed by atoms with Gasteiger partial charge in [-0.2, -0.15) is 4.80 Å². The quantitative estimate of drug-likeness (QED) is 0.412. The zero-order valence-electron chi connectivity index (χ0n) is 20.0. The van der Waals surface area contributed by atoms with Crippen LogP contribution >= 0.6 is 0 Å². The number of carbonyl (C=O) groups is 2. The van der Waals surface area contributed by atoms with Crippen LogP contribution in [0.15, 0.2) is 72.8 Å². The van der Waals surface area contributed by atoms with Gasteiger partial charge in [0.25, 0.3) is 0 Å². The fourth-order valence-electron chi connectivity index (χ4n) is 4.24. The van der Waals surface area contributed by atoms with Gasteiger partial charge >= 0.3 is 6.09 Å². The third-order valence-electron chi connectivity index (χ3n) is 6.02. The smallest absolute Gasteiger partial charge is 0.410 e. The van der Waals surface area contributed by atoms with Crippen LogP contribution in [-0.2, 0) is 16.1 Å². The Morgan fingerprint density at radius 3 is 2.56 bits per heavy atom. The Hall–Kier alpha value is -4.40. The van der Waals surface area contributed by atoms with Crippen LogP contribution < -0.4 is 10.1 Å². The van der Waals surface area contributed by atoms with Crippen molar-refractivity contribution in [2.24, 2.45) is 0 Å². The van der Waals surface area contributed by atoms with Crippen LogP contribution in [-0.4, -0.2) is 51.1 Å². The normalized spacial score (nSPS) is 15.1. The lowest BCUT2D eigenvalue weighted by molar-refractivity contribution is -0.120. The van der Waals surface area contributed by atoms with Crippen molar-refractivity contribution in [2.45, 2.75) is 32.4 Å². The minimum absolute atomic E-state index is 0.172. The number of ether oxygens (including phenoxy) is 2. The predicted octanol–water partition coefficient (Wildman–Crippen LogP) is 4.56. The number of carbonyl (C=O) groups excluding carboxylic acids is 2. The molecule has 5 rings (SSSR count). The highest BCUT2D eigenvalue weighted by Crippen LogP contribution is 2.23. The summed E-state index contributed by atoms with van der Waals surface area (Å²) in [6, 6.07) is 21.8. The van der Waals surface area contributed by atoms with Crippen LogP contribution in [0.3, 0.4) is 0 Å². The summed E-state index contributed by atoms with van der Waals surface area (Å²) in [6.45, 7) is 3.20. The summed E-state index contributed by atoms with van der Waals surface area (Å²) in [4.78, 5) is 28.7. The molecule has 0 saturated carbocycles. The van der Waals surface area contributed by atoms with Crippen LogP contribution in [0, 0.1) is 0 Å². The van der Waals surface area contributed by atoms with E-state index in [1.165, 1.54) is 4.90 Å². The minimum atomic E-state index is -0.580. The summed E-state index contributed by atoms with van der Waals surface area (Å²) in [7, 11) is 0. The van der Waals surface area contributed by atoms with Gasteiger partial charge in [-0.3, -0.25) is 9.69 Å². The molecule has 9 heteroatoms. The van der Waals surface area contributed by atoms with E-state index in [1.807, 2.05) is 67.6 Å². The maximum Gasteiger partial charge on any atom is 0.410 e. The maximum atomic E-state index is 13.0. The van der Waals surface area contributed by atoms with Crippen LogP contribution in [0.2, 0.25) is 0 Å². The molecule has 1 aromatic heterocycles. The standard InChI is InChI=1S/C27H27N5O4/c1-2-35-22-13-11-21(12-14-22)32-29-23-15-10-20(17-24(23)30-32)28-26(33)25-9-6-16-31(25)27(34)36-18-19-7-4-3-5-8-19/h3-5,7-8,10-15,17,25H,2,6,9,16,18H2,1H3,(H,28,33). The molecule has 2 heterocycles. The van der Waals surface area contributed by atoms with E-state index in [-0.39, 0.29) is 12.5 Å². The van der Waals surface area contributed by atoms with Crippen LogP contribution in [0.4, 0.5) is 10.5 Å². The molecule has 0 aliphatic carbocycles. The van der Waals surface area contributed by atoms with Gasteiger partial charge in [-0.1, -0.05) is 30.3 Å². The lowest BCUT2D eigenvalue weighted by Gasteiger charge is -2.23. The molecule has 1 aliphatic rings. The Morgan fingerprint density at radius 1 is 1.00 bits per heavy atom. The number of amides is 2. The Kier molecular flexibility index (Phi) is 6.79. The fourth-order valence-corrected chi connectivity index (χ4v) is 4.24. The highest BCUT2D eigenvalue weighted by molar-refractivity contribution is 5.98. The first-order valence-corrected chi connectivity index (χ1v) is 12.0. The predicted molar refractivity (Wildman–Crippen MR) is 135 cm³/mol. The molecule has 0 radical (unpaired) electrons. The van der Waals surface area contributed by atoms with Crippen LogP contribution in [0.25, 0.3) is 16.7 Å². The van der Waals surface area contributed by atoms with Gasteiger partial charge in [-0.25, -0.2) is 4.79 Å². The van der Waals surface area contributed by atoms with Crippen LogP contribution in [0.1, 0.15) is 25.3 Å². The molecule has 3 aromatic carbocycles. The first kappa shape index (κ1) is 23.3. The van der Waals surface area contributed by atoms with Crippen LogP contribution in [0.5, 0.6) is 5.75 Å². The molecule has 0 bridgehead atoms. The second-order valence-electron chi connectivity index (χ2n) is 8.50. The number of rotatable bonds is 7. The molecule has 1 aliphatic heterocycles. The van der Waals surface area contributed by atoms with Crippen molar-refractivity contribution >= 4 is 28.7 Å². The molecule has 184 valence electrons. The summed E-state index contributed by atoms with van der Waals surface area (Å²) in [6.07, 6.45) is 0.849. The Morgan fingerprint density at radius 2 is 1.78 bits per heavy atom.